The van der Waals surface area contributed by atoms with Gasteiger partial charge < -0.3 is 14.6 Å². The maximum Gasteiger partial charge on any atom is 0.242 e. The number of pyridine rings is 1. The molecule has 1 amide bonds. The largest absolute Gasteiger partial charge is 0.379 e. The van der Waals surface area contributed by atoms with Crippen LogP contribution in [0, 0.1) is 0 Å². The van der Waals surface area contributed by atoms with Crippen molar-refractivity contribution in [3.63, 3.8) is 0 Å². The lowest BCUT2D eigenvalue weighted by atomic mass is 10.1. The number of rotatable bonds is 7. The molecule has 8 nitrogen and oxygen atoms in total. The van der Waals surface area contributed by atoms with Gasteiger partial charge in [0, 0.05) is 32.0 Å². The van der Waals surface area contributed by atoms with Gasteiger partial charge in [-0.25, -0.2) is 0 Å². The summed E-state index contributed by atoms with van der Waals surface area (Å²) in [5.74, 6) is 0.711. The average Bonchev–Trinajstić information content (AvgIpc) is 3.10. The molecule has 1 aliphatic rings. The van der Waals surface area contributed by atoms with Crippen LogP contribution in [0.1, 0.15) is 30.8 Å². The molecule has 3 heterocycles. The zero-order valence-corrected chi connectivity index (χ0v) is 14.5. The van der Waals surface area contributed by atoms with E-state index in [9.17, 15) is 4.79 Å². The smallest absolute Gasteiger partial charge is 0.242 e. The van der Waals surface area contributed by atoms with Gasteiger partial charge in [-0.1, -0.05) is 13.0 Å². The summed E-state index contributed by atoms with van der Waals surface area (Å²) in [6.45, 7) is 6.01. The van der Waals surface area contributed by atoms with Crippen LogP contribution in [-0.2, 0) is 22.6 Å². The Balaban J connectivity index is 1.71. The van der Waals surface area contributed by atoms with E-state index < -0.39 is 0 Å². The molecule has 0 aliphatic carbocycles. The quantitative estimate of drug-likeness (QED) is 0.799. The molecule has 25 heavy (non-hydrogen) atoms. The Hall–Kier alpha value is -2.32. The standard InChI is InChI=1S/C17H24N6O2/c1-2-6-23-13-20-21-15(23)12-19-17(24)16(14-4-3-5-18-11-14)22-7-9-25-10-8-22/h3-5,11,13,16H,2,6-10,12H2,1H3,(H,19,24). The van der Waals surface area contributed by atoms with Crippen LogP contribution in [0.25, 0.3) is 0 Å². The van der Waals surface area contributed by atoms with E-state index in [0.717, 1.165) is 37.4 Å². The second-order valence-corrected chi connectivity index (χ2v) is 6.00. The monoisotopic (exact) mass is 344 g/mol. The van der Waals surface area contributed by atoms with Crippen molar-refractivity contribution in [3.05, 3.63) is 42.2 Å². The van der Waals surface area contributed by atoms with Gasteiger partial charge in [-0.2, -0.15) is 0 Å². The number of nitrogens with one attached hydrogen (secondary N) is 1. The van der Waals surface area contributed by atoms with Crippen LogP contribution in [0.2, 0.25) is 0 Å². The van der Waals surface area contributed by atoms with E-state index in [1.54, 1.807) is 18.7 Å². The first-order chi connectivity index (χ1) is 12.3. The second-order valence-electron chi connectivity index (χ2n) is 6.00. The first-order valence-electron chi connectivity index (χ1n) is 8.65. The minimum absolute atomic E-state index is 0.0547. The van der Waals surface area contributed by atoms with Gasteiger partial charge in [0.15, 0.2) is 5.82 Å². The fourth-order valence-electron chi connectivity index (χ4n) is 3.01. The fraction of sp³-hybridized carbons (Fsp3) is 0.529. The summed E-state index contributed by atoms with van der Waals surface area (Å²) in [6, 6.07) is 3.42. The number of hydrogen-bond donors (Lipinski definition) is 1. The summed E-state index contributed by atoms with van der Waals surface area (Å²) in [5, 5.41) is 11.0. The number of carbonyl (C=O) groups excluding carboxylic acids is 1. The van der Waals surface area contributed by atoms with E-state index in [-0.39, 0.29) is 11.9 Å². The number of nitrogens with zero attached hydrogens (tertiary/aromatic N) is 5. The molecule has 0 saturated carbocycles. The molecule has 1 fully saturated rings. The highest BCUT2D eigenvalue weighted by Crippen LogP contribution is 2.21. The lowest BCUT2D eigenvalue weighted by Crippen LogP contribution is -2.45. The molecule has 0 aromatic carbocycles. The van der Waals surface area contributed by atoms with Gasteiger partial charge in [-0.05, 0) is 18.1 Å². The molecule has 1 atom stereocenters. The minimum atomic E-state index is -0.375. The Morgan fingerprint density at radius 3 is 2.96 bits per heavy atom. The third-order valence-corrected chi connectivity index (χ3v) is 4.24. The third-order valence-electron chi connectivity index (χ3n) is 4.24. The van der Waals surface area contributed by atoms with E-state index >= 15 is 0 Å². The van der Waals surface area contributed by atoms with Crippen LogP contribution < -0.4 is 5.32 Å². The molecule has 1 saturated heterocycles. The van der Waals surface area contributed by atoms with Crippen LogP contribution in [0.3, 0.4) is 0 Å². The number of amides is 1. The highest BCUT2D eigenvalue weighted by atomic mass is 16.5. The van der Waals surface area contributed by atoms with Crippen LogP contribution in [0.15, 0.2) is 30.9 Å². The second kappa shape index (κ2) is 8.68. The predicted molar refractivity (Wildman–Crippen MR) is 91.5 cm³/mol. The Labute approximate surface area is 147 Å². The SMILES string of the molecule is CCCn1cnnc1CNC(=O)C(c1cccnc1)N1CCOCC1. The molecule has 2 aromatic rings. The van der Waals surface area contributed by atoms with E-state index in [0.29, 0.717) is 19.8 Å². The first kappa shape index (κ1) is 17.5. The normalized spacial score (nSPS) is 16.5. The summed E-state index contributed by atoms with van der Waals surface area (Å²) in [5.41, 5.74) is 0.886. The Morgan fingerprint density at radius 2 is 2.24 bits per heavy atom. The lowest BCUT2D eigenvalue weighted by Gasteiger charge is -2.33. The van der Waals surface area contributed by atoms with Crippen molar-refractivity contribution in [2.24, 2.45) is 0 Å². The van der Waals surface area contributed by atoms with E-state index in [1.807, 2.05) is 16.7 Å². The summed E-state index contributed by atoms with van der Waals surface area (Å²) >= 11 is 0. The zero-order chi connectivity index (χ0) is 17.5. The van der Waals surface area contributed by atoms with Crippen molar-refractivity contribution in [1.82, 2.24) is 30.0 Å². The molecule has 0 radical (unpaired) electrons. The zero-order valence-electron chi connectivity index (χ0n) is 14.5. The molecule has 2 aromatic heterocycles. The average molecular weight is 344 g/mol. The molecular weight excluding hydrogens is 320 g/mol. The molecule has 1 N–H and O–H groups in total. The molecule has 0 bridgehead atoms. The van der Waals surface area contributed by atoms with Crippen molar-refractivity contribution in [2.45, 2.75) is 32.5 Å². The number of hydrogen-bond acceptors (Lipinski definition) is 6. The summed E-state index contributed by atoms with van der Waals surface area (Å²) < 4.78 is 7.38. The van der Waals surface area contributed by atoms with Gasteiger partial charge in [0.05, 0.1) is 19.8 Å². The van der Waals surface area contributed by atoms with Crippen molar-refractivity contribution in [1.29, 1.82) is 0 Å². The van der Waals surface area contributed by atoms with Crippen molar-refractivity contribution in [2.75, 3.05) is 26.3 Å². The Kier molecular flexibility index (Phi) is 6.08. The summed E-state index contributed by atoms with van der Waals surface area (Å²) in [4.78, 5) is 19.2. The minimum Gasteiger partial charge on any atom is -0.379 e. The summed E-state index contributed by atoms with van der Waals surface area (Å²) in [7, 11) is 0. The van der Waals surface area contributed by atoms with E-state index in [4.69, 9.17) is 4.74 Å². The molecular formula is C17H24N6O2. The van der Waals surface area contributed by atoms with Crippen LogP contribution in [0.4, 0.5) is 0 Å². The highest BCUT2D eigenvalue weighted by molar-refractivity contribution is 5.83. The molecule has 1 aliphatic heterocycles. The number of aryl methyl sites for hydroxylation is 1. The van der Waals surface area contributed by atoms with Crippen LogP contribution in [-0.4, -0.2) is 56.9 Å². The van der Waals surface area contributed by atoms with Crippen LogP contribution >= 0.6 is 0 Å². The Morgan fingerprint density at radius 1 is 1.40 bits per heavy atom. The number of morpholine rings is 1. The molecule has 8 heteroatoms. The summed E-state index contributed by atoms with van der Waals surface area (Å²) in [6.07, 6.45) is 6.15. The lowest BCUT2D eigenvalue weighted by molar-refractivity contribution is -0.128. The van der Waals surface area contributed by atoms with Gasteiger partial charge in [0.25, 0.3) is 0 Å². The van der Waals surface area contributed by atoms with E-state index in [1.165, 1.54) is 0 Å². The van der Waals surface area contributed by atoms with Gasteiger partial charge in [0.2, 0.25) is 5.91 Å². The molecule has 134 valence electrons. The molecule has 0 spiro atoms. The van der Waals surface area contributed by atoms with Crippen LogP contribution in [0.5, 0.6) is 0 Å². The van der Waals surface area contributed by atoms with Crippen molar-refractivity contribution < 1.29 is 9.53 Å². The molecule has 1 unspecified atom stereocenters. The van der Waals surface area contributed by atoms with Gasteiger partial charge in [0.1, 0.15) is 12.4 Å². The van der Waals surface area contributed by atoms with Crippen molar-refractivity contribution in [3.8, 4) is 0 Å². The van der Waals surface area contributed by atoms with E-state index in [2.05, 4.69) is 32.3 Å². The molecule has 3 rings (SSSR count). The topological polar surface area (TPSA) is 85.2 Å². The highest BCUT2D eigenvalue weighted by Gasteiger charge is 2.29. The maximum atomic E-state index is 12.9. The van der Waals surface area contributed by atoms with Gasteiger partial charge in [-0.15, -0.1) is 10.2 Å². The maximum absolute atomic E-state index is 12.9. The van der Waals surface area contributed by atoms with Gasteiger partial charge >= 0.3 is 0 Å². The Bertz CT molecular complexity index is 669. The number of ether oxygens (including phenoxy) is 1. The number of carbonyl (C=O) groups is 1. The van der Waals surface area contributed by atoms with Crippen molar-refractivity contribution >= 4 is 5.91 Å². The third kappa shape index (κ3) is 4.40. The van der Waals surface area contributed by atoms with Gasteiger partial charge in [-0.3, -0.25) is 14.7 Å². The number of aromatic nitrogens is 4. The first-order valence-corrected chi connectivity index (χ1v) is 8.65. The predicted octanol–water partition coefficient (Wildman–Crippen LogP) is 0.773. The fourth-order valence-corrected chi connectivity index (χ4v) is 3.01.